The van der Waals surface area contributed by atoms with Crippen LogP contribution in [0.15, 0.2) is 35.1 Å². The highest BCUT2D eigenvalue weighted by Crippen LogP contribution is 2.25. The van der Waals surface area contributed by atoms with Crippen molar-refractivity contribution in [1.82, 2.24) is 30.1 Å². The minimum atomic E-state index is -0.721. The third kappa shape index (κ3) is 7.32. The fraction of sp³-hybridized carbons (Fsp3) is 0.516. The number of hydrogen-bond acceptors (Lipinski definition) is 9. The van der Waals surface area contributed by atoms with Crippen molar-refractivity contribution in [3.05, 3.63) is 70.5 Å². The zero-order valence-electron chi connectivity index (χ0n) is 24.8. The summed E-state index contributed by atoms with van der Waals surface area (Å²) in [6, 6.07) is 7.83. The minimum Gasteiger partial charge on any atom is -0.486 e. The monoisotopic (exact) mass is 576 g/mol. The Labute approximate surface area is 246 Å². The van der Waals surface area contributed by atoms with E-state index in [0.29, 0.717) is 50.1 Å². The van der Waals surface area contributed by atoms with Crippen LogP contribution in [0.3, 0.4) is 0 Å². The van der Waals surface area contributed by atoms with E-state index in [1.165, 1.54) is 17.5 Å². The number of oxazole rings is 1. The molecule has 0 spiro atoms. The number of aryl methyl sites for hydroxylation is 1. The average molecular weight is 577 g/mol. The number of nitrogens with one attached hydrogen (secondary N) is 1. The Morgan fingerprint density at radius 3 is 2.71 bits per heavy atom. The molecule has 2 aliphatic rings. The number of carbonyl (C=O) groups excluding carboxylic acids is 2. The Kier molecular flexibility index (Phi) is 9.18. The Bertz CT molecular complexity index is 1420. The van der Waals surface area contributed by atoms with Gasteiger partial charge in [-0.2, -0.15) is 0 Å². The van der Waals surface area contributed by atoms with Crippen LogP contribution in [0.2, 0.25) is 0 Å². The van der Waals surface area contributed by atoms with Gasteiger partial charge in [-0.3, -0.25) is 14.5 Å². The van der Waals surface area contributed by atoms with Crippen molar-refractivity contribution < 1.29 is 23.8 Å². The summed E-state index contributed by atoms with van der Waals surface area (Å²) in [6.45, 7) is 11.3. The number of nitrogens with zero attached hydrogens (tertiary/aromatic N) is 5. The Morgan fingerprint density at radius 1 is 1.19 bits per heavy atom. The Hall–Kier alpha value is -3.83. The lowest BCUT2D eigenvalue weighted by Crippen LogP contribution is -2.49. The number of aliphatic hydroxyl groups excluding tert-OH is 1. The van der Waals surface area contributed by atoms with E-state index < -0.39 is 6.10 Å². The third-order valence-electron chi connectivity index (χ3n) is 7.90. The van der Waals surface area contributed by atoms with Crippen LogP contribution in [-0.2, 0) is 30.8 Å². The predicted molar refractivity (Wildman–Crippen MR) is 155 cm³/mol. The van der Waals surface area contributed by atoms with Gasteiger partial charge in [-0.05, 0) is 55.0 Å². The van der Waals surface area contributed by atoms with Gasteiger partial charge in [0.25, 0.3) is 5.91 Å². The molecule has 11 heteroatoms. The van der Waals surface area contributed by atoms with Crippen molar-refractivity contribution in [2.45, 2.75) is 65.7 Å². The highest BCUT2D eigenvalue weighted by molar-refractivity contribution is 5.92. The maximum absolute atomic E-state index is 13.0. The lowest BCUT2D eigenvalue weighted by atomic mass is 9.94. The molecule has 4 heterocycles. The molecule has 2 aliphatic heterocycles. The molecule has 42 heavy (non-hydrogen) atoms. The number of fused-ring (bicyclic) bond motifs is 1. The minimum absolute atomic E-state index is 0.0688. The van der Waals surface area contributed by atoms with E-state index in [2.05, 4.69) is 37.3 Å². The summed E-state index contributed by atoms with van der Waals surface area (Å²) in [6.07, 6.45) is 2.24. The number of benzene rings is 1. The van der Waals surface area contributed by atoms with Crippen molar-refractivity contribution >= 4 is 11.8 Å². The first kappa shape index (κ1) is 29.7. The maximum atomic E-state index is 13.0. The van der Waals surface area contributed by atoms with E-state index in [1.54, 1.807) is 17.9 Å². The van der Waals surface area contributed by atoms with Gasteiger partial charge in [0.1, 0.15) is 23.9 Å². The number of amides is 2. The summed E-state index contributed by atoms with van der Waals surface area (Å²) < 4.78 is 11.2. The van der Waals surface area contributed by atoms with E-state index in [4.69, 9.17) is 9.15 Å². The first-order valence-electron chi connectivity index (χ1n) is 14.6. The second-order valence-corrected chi connectivity index (χ2v) is 11.7. The van der Waals surface area contributed by atoms with Crippen molar-refractivity contribution in [2.24, 2.45) is 5.92 Å². The molecule has 2 amide bonds. The van der Waals surface area contributed by atoms with Gasteiger partial charge in [-0.15, -0.1) is 0 Å². The number of rotatable bonds is 11. The molecular weight excluding hydrogens is 536 g/mol. The predicted octanol–water partition coefficient (Wildman–Crippen LogP) is 2.65. The normalized spacial score (nSPS) is 16.2. The lowest BCUT2D eigenvalue weighted by Gasteiger charge is -2.38. The second kappa shape index (κ2) is 13.0. The largest absolute Gasteiger partial charge is 0.486 e. The average Bonchev–Trinajstić information content (AvgIpc) is 3.36. The van der Waals surface area contributed by atoms with Gasteiger partial charge in [0.15, 0.2) is 12.2 Å². The van der Waals surface area contributed by atoms with Gasteiger partial charge < -0.3 is 24.5 Å². The molecule has 0 aliphatic carbocycles. The van der Waals surface area contributed by atoms with Crippen LogP contribution in [0.1, 0.15) is 71.3 Å². The van der Waals surface area contributed by atoms with Crippen LogP contribution in [0.25, 0.3) is 0 Å². The fourth-order valence-corrected chi connectivity index (χ4v) is 5.36. The van der Waals surface area contributed by atoms with E-state index in [1.807, 2.05) is 26.8 Å². The number of carbonyl (C=O) groups is 2. The molecule has 1 atom stereocenters. The van der Waals surface area contributed by atoms with Crippen molar-refractivity contribution in [3.63, 3.8) is 0 Å². The van der Waals surface area contributed by atoms with Crippen LogP contribution >= 0.6 is 0 Å². The van der Waals surface area contributed by atoms with E-state index >= 15 is 0 Å². The lowest BCUT2D eigenvalue weighted by molar-refractivity contribution is -0.134. The highest BCUT2D eigenvalue weighted by Gasteiger charge is 2.29. The number of aromatic nitrogens is 3. The zero-order chi connectivity index (χ0) is 29.8. The molecule has 11 nitrogen and oxygen atoms in total. The molecule has 2 aromatic heterocycles. The fourth-order valence-electron chi connectivity index (χ4n) is 5.36. The van der Waals surface area contributed by atoms with Gasteiger partial charge in [-0.25, -0.2) is 15.0 Å². The van der Waals surface area contributed by atoms with Gasteiger partial charge in [0.2, 0.25) is 5.91 Å². The molecule has 1 aromatic carbocycles. The van der Waals surface area contributed by atoms with Crippen LogP contribution in [0.4, 0.5) is 0 Å². The summed E-state index contributed by atoms with van der Waals surface area (Å²) in [7, 11) is 0. The molecule has 0 unspecified atom stereocenters. The molecule has 224 valence electrons. The molecule has 0 saturated carbocycles. The summed E-state index contributed by atoms with van der Waals surface area (Å²) >= 11 is 0. The van der Waals surface area contributed by atoms with Gasteiger partial charge in [0, 0.05) is 57.8 Å². The first-order valence-corrected chi connectivity index (χ1v) is 14.6. The summed E-state index contributed by atoms with van der Waals surface area (Å²) in [5.41, 5.74) is 4.38. The Balaban J connectivity index is 1.11. The van der Waals surface area contributed by atoms with Crippen LogP contribution in [-0.4, -0.2) is 80.5 Å². The summed E-state index contributed by atoms with van der Waals surface area (Å²) in [5, 5.41) is 13.6. The standard InChI is InChI=1S/C31H40N6O5/c1-19(2)30-34-25(9-22-13-37(14-22)21(4)38)11-28(35-30)31(40)32-12-26(39)16-36-8-7-23-10-27(6-5-24(23)15-36)41-17-29-20(3)33-18-42-29/h5-6,10-11,18-19,22,26,39H,7-9,12-17H2,1-4H3,(H,32,40)/t26-/m0/s1. The van der Waals surface area contributed by atoms with Crippen LogP contribution in [0, 0.1) is 12.8 Å². The summed E-state index contributed by atoms with van der Waals surface area (Å²) in [4.78, 5) is 41.8. The number of likely N-dealkylation sites (tertiary alicyclic amines) is 1. The van der Waals surface area contributed by atoms with E-state index in [-0.39, 0.29) is 24.3 Å². The SMILES string of the molecule is CC(=O)N1CC(Cc2cc(C(=O)NC[C@H](O)CN3CCc4cc(OCc5ocnc5C)ccc4C3)nc(C(C)C)n2)C1. The smallest absolute Gasteiger partial charge is 0.270 e. The molecule has 5 rings (SSSR count). The number of β-amino-alcohol motifs (C(OH)–C–C–N with tert-alkyl or cyclic N) is 1. The van der Waals surface area contributed by atoms with Gasteiger partial charge >= 0.3 is 0 Å². The zero-order valence-corrected chi connectivity index (χ0v) is 24.8. The maximum Gasteiger partial charge on any atom is 0.270 e. The second-order valence-electron chi connectivity index (χ2n) is 11.7. The quantitative estimate of drug-likeness (QED) is 0.353. The molecule has 0 radical (unpaired) electrons. The van der Waals surface area contributed by atoms with Crippen molar-refractivity contribution in [3.8, 4) is 5.75 Å². The molecule has 2 N–H and O–H groups in total. The van der Waals surface area contributed by atoms with Gasteiger partial charge in [-0.1, -0.05) is 19.9 Å². The molecule has 1 saturated heterocycles. The van der Waals surface area contributed by atoms with Crippen LogP contribution in [0.5, 0.6) is 5.75 Å². The Morgan fingerprint density at radius 2 is 2.00 bits per heavy atom. The summed E-state index contributed by atoms with van der Waals surface area (Å²) in [5.74, 6) is 2.29. The van der Waals surface area contributed by atoms with Crippen molar-refractivity contribution in [1.29, 1.82) is 0 Å². The van der Waals surface area contributed by atoms with E-state index in [9.17, 15) is 14.7 Å². The molecule has 1 fully saturated rings. The highest BCUT2D eigenvalue weighted by atomic mass is 16.5. The third-order valence-corrected chi connectivity index (χ3v) is 7.90. The topological polar surface area (TPSA) is 134 Å². The van der Waals surface area contributed by atoms with E-state index in [0.717, 1.165) is 42.4 Å². The molecule has 3 aromatic rings. The number of ether oxygens (including phenoxy) is 1. The number of aliphatic hydroxyl groups is 1. The number of hydrogen-bond donors (Lipinski definition) is 2. The van der Waals surface area contributed by atoms with Crippen molar-refractivity contribution in [2.75, 3.05) is 32.7 Å². The van der Waals surface area contributed by atoms with Crippen LogP contribution < -0.4 is 10.1 Å². The molecule has 0 bridgehead atoms. The van der Waals surface area contributed by atoms with Gasteiger partial charge in [0.05, 0.1) is 11.8 Å². The molecular formula is C31H40N6O5. The first-order chi connectivity index (χ1) is 20.1.